The third-order valence-electron chi connectivity index (χ3n) is 6.93. The summed E-state index contributed by atoms with van der Waals surface area (Å²) in [6.45, 7) is 2.97. The molecule has 2 saturated heterocycles. The van der Waals surface area contributed by atoms with Gasteiger partial charge in [0.1, 0.15) is 17.9 Å². The van der Waals surface area contributed by atoms with Gasteiger partial charge < -0.3 is 19.2 Å². The van der Waals surface area contributed by atoms with E-state index in [1.807, 2.05) is 22.7 Å². The lowest BCUT2D eigenvalue weighted by Gasteiger charge is -2.41. The Morgan fingerprint density at radius 1 is 1.41 bits per heavy atom. The summed E-state index contributed by atoms with van der Waals surface area (Å²) in [5.74, 6) is 0.617. The molecule has 4 aliphatic rings. The summed E-state index contributed by atoms with van der Waals surface area (Å²) in [6, 6.07) is 5.55. The fraction of sp³-hybridized carbons (Fsp3) is 0.478. The number of nitriles is 1. The Hall–Kier alpha value is -3.38. The summed E-state index contributed by atoms with van der Waals surface area (Å²) < 4.78 is 15.5. The smallest absolute Gasteiger partial charge is 0.262 e. The minimum atomic E-state index is -0.308. The van der Waals surface area contributed by atoms with Crippen molar-refractivity contribution < 1.29 is 14.3 Å². The highest BCUT2D eigenvalue weighted by atomic mass is 16.5. The molecule has 0 radical (unpaired) electrons. The Kier molecular flexibility index (Phi) is 4.11. The lowest BCUT2D eigenvalue weighted by atomic mass is 9.62. The van der Waals surface area contributed by atoms with E-state index in [9.17, 15) is 4.79 Å². The molecule has 32 heavy (non-hydrogen) atoms. The maximum atomic E-state index is 13.2. The second kappa shape index (κ2) is 6.81. The minimum absolute atomic E-state index is 0.0195. The summed E-state index contributed by atoms with van der Waals surface area (Å²) in [6.07, 6.45) is 10.7. The monoisotopic (exact) mass is 432 g/mol. The van der Waals surface area contributed by atoms with Gasteiger partial charge in [0.15, 0.2) is 5.82 Å². The minimum Gasteiger partial charge on any atom is -0.489 e. The highest BCUT2D eigenvalue weighted by Gasteiger charge is 2.61. The molecule has 4 fully saturated rings. The number of hydrogen-bond acceptors (Lipinski definition) is 6. The van der Waals surface area contributed by atoms with E-state index in [1.165, 1.54) is 4.68 Å². The van der Waals surface area contributed by atoms with Crippen LogP contribution in [0.3, 0.4) is 0 Å². The molecular weight excluding hydrogens is 408 g/mol. The molecule has 3 aromatic rings. The second-order valence-electron chi connectivity index (χ2n) is 9.50. The van der Waals surface area contributed by atoms with Crippen LogP contribution in [0.25, 0.3) is 5.65 Å². The van der Waals surface area contributed by atoms with Gasteiger partial charge in [-0.3, -0.25) is 9.48 Å². The zero-order valence-corrected chi connectivity index (χ0v) is 17.9. The van der Waals surface area contributed by atoms with Gasteiger partial charge in [0, 0.05) is 36.1 Å². The Morgan fingerprint density at radius 3 is 2.94 bits per heavy atom. The van der Waals surface area contributed by atoms with E-state index in [2.05, 4.69) is 17.3 Å². The van der Waals surface area contributed by atoms with Crippen LogP contribution < -0.4 is 10.1 Å². The van der Waals surface area contributed by atoms with Gasteiger partial charge >= 0.3 is 0 Å². The number of anilines is 1. The van der Waals surface area contributed by atoms with E-state index in [0.29, 0.717) is 23.7 Å². The predicted octanol–water partition coefficient (Wildman–Crippen LogP) is 3.06. The second-order valence-corrected chi connectivity index (χ2v) is 9.50. The first-order valence-electron chi connectivity index (χ1n) is 11.0. The van der Waals surface area contributed by atoms with Gasteiger partial charge in [0.05, 0.1) is 35.6 Å². The normalized spacial score (nSPS) is 26.4. The molecule has 0 atom stereocenters. The molecular formula is C23H24N6O3. The average Bonchev–Trinajstić information content (AvgIpc) is 3.46. The number of aromatic nitrogens is 4. The first-order valence-corrected chi connectivity index (χ1v) is 11.0. The molecule has 9 heteroatoms. The third kappa shape index (κ3) is 3.06. The van der Waals surface area contributed by atoms with Crippen LogP contribution in [0.4, 0.5) is 5.82 Å². The number of carbonyl (C=O) groups is 1. The van der Waals surface area contributed by atoms with Crippen LogP contribution in [0.15, 0.2) is 30.7 Å². The number of ether oxygens (including phenoxy) is 2. The number of carbonyl (C=O) groups excluding carboxylic acids is 1. The number of imidazole rings is 1. The standard InChI is InChI=1S/C23H24N6O3/c1-22-12-23(13-22,14-31-22)18-11-28-10-16(17(9-20(28)25-18)32-15-3-2-4-15)21(30)26-19-5-7-29(27-19)8-6-24/h5,7,9-11,15H,2-4,8,12-14H2,1H3,(H,26,27,30). The Labute approximate surface area is 184 Å². The van der Waals surface area contributed by atoms with Gasteiger partial charge in [-0.15, -0.1) is 0 Å². The van der Waals surface area contributed by atoms with Crippen molar-refractivity contribution in [3.05, 3.63) is 42.0 Å². The fourth-order valence-corrected chi connectivity index (χ4v) is 5.13. The highest BCUT2D eigenvalue weighted by Crippen LogP contribution is 2.58. The maximum absolute atomic E-state index is 13.2. The van der Waals surface area contributed by atoms with E-state index >= 15 is 0 Å². The lowest BCUT2D eigenvalue weighted by Crippen LogP contribution is -2.45. The number of nitrogens with zero attached hydrogens (tertiary/aromatic N) is 5. The zero-order valence-electron chi connectivity index (χ0n) is 17.9. The molecule has 2 bridgehead atoms. The van der Waals surface area contributed by atoms with Gasteiger partial charge in [0.25, 0.3) is 5.91 Å². The van der Waals surface area contributed by atoms with Crippen molar-refractivity contribution in [1.82, 2.24) is 19.2 Å². The topological polar surface area (TPSA) is 106 Å². The van der Waals surface area contributed by atoms with E-state index in [4.69, 9.17) is 19.7 Å². The van der Waals surface area contributed by atoms with Crippen LogP contribution in [0.2, 0.25) is 0 Å². The first-order chi connectivity index (χ1) is 15.5. The summed E-state index contributed by atoms with van der Waals surface area (Å²) in [7, 11) is 0. The number of rotatable bonds is 6. The van der Waals surface area contributed by atoms with E-state index in [1.54, 1.807) is 18.5 Å². The van der Waals surface area contributed by atoms with Crippen LogP contribution in [0, 0.1) is 11.3 Å². The summed E-state index contributed by atoms with van der Waals surface area (Å²) in [5.41, 5.74) is 2.16. The molecule has 3 aromatic heterocycles. The molecule has 1 N–H and O–H groups in total. The molecule has 2 saturated carbocycles. The molecule has 0 spiro atoms. The summed E-state index contributed by atoms with van der Waals surface area (Å²) in [4.78, 5) is 18.0. The van der Waals surface area contributed by atoms with Crippen LogP contribution in [-0.4, -0.2) is 43.4 Å². The van der Waals surface area contributed by atoms with Crippen molar-refractivity contribution in [1.29, 1.82) is 5.26 Å². The SMILES string of the molecule is CC12CC(c3cn4cc(C(=O)Nc5ccn(CC#N)n5)c(OC5CCC5)cc4n3)(CO1)C2. The van der Waals surface area contributed by atoms with Crippen molar-refractivity contribution in [2.75, 3.05) is 11.9 Å². The molecule has 9 nitrogen and oxygen atoms in total. The average molecular weight is 432 g/mol. The number of fused-ring (bicyclic) bond motifs is 2. The number of nitrogens with one attached hydrogen (secondary N) is 1. The highest BCUT2D eigenvalue weighted by molar-refractivity contribution is 6.05. The maximum Gasteiger partial charge on any atom is 0.262 e. The number of amides is 1. The van der Waals surface area contributed by atoms with Crippen LogP contribution >= 0.6 is 0 Å². The largest absolute Gasteiger partial charge is 0.489 e. The molecule has 0 unspecified atom stereocenters. The Balaban J connectivity index is 1.33. The van der Waals surface area contributed by atoms with Gasteiger partial charge in [-0.2, -0.15) is 10.4 Å². The van der Waals surface area contributed by atoms with Crippen molar-refractivity contribution in [3.63, 3.8) is 0 Å². The molecule has 7 rings (SSSR count). The number of pyridine rings is 1. The van der Waals surface area contributed by atoms with Crippen molar-refractivity contribution in [2.45, 2.75) is 62.7 Å². The molecule has 1 amide bonds. The Bertz CT molecular complexity index is 1260. The van der Waals surface area contributed by atoms with E-state index in [-0.39, 0.29) is 29.6 Å². The fourth-order valence-electron chi connectivity index (χ4n) is 5.13. The van der Waals surface area contributed by atoms with Crippen molar-refractivity contribution in [3.8, 4) is 11.8 Å². The summed E-state index contributed by atoms with van der Waals surface area (Å²) in [5, 5.41) is 15.9. The van der Waals surface area contributed by atoms with Crippen molar-refractivity contribution >= 4 is 17.4 Å². The quantitative estimate of drug-likeness (QED) is 0.642. The lowest BCUT2D eigenvalue weighted by molar-refractivity contribution is 0.0154. The number of hydrogen-bond donors (Lipinski definition) is 1. The van der Waals surface area contributed by atoms with Gasteiger partial charge in [-0.05, 0) is 39.0 Å². The molecule has 5 heterocycles. The van der Waals surface area contributed by atoms with Gasteiger partial charge in [0.2, 0.25) is 0 Å². The van der Waals surface area contributed by atoms with Crippen LogP contribution in [0.1, 0.15) is 55.1 Å². The first kappa shape index (κ1) is 19.3. The van der Waals surface area contributed by atoms with Gasteiger partial charge in [-0.25, -0.2) is 4.98 Å². The van der Waals surface area contributed by atoms with Gasteiger partial charge in [-0.1, -0.05) is 0 Å². The third-order valence-corrected chi connectivity index (χ3v) is 6.93. The summed E-state index contributed by atoms with van der Waals surface area (Å²) >= 11 is 0. The van der Waals surface area contributed by atoms with Crippen LogP contribution in [-0.2, 0) is 16.7 Å². The predicted molar refractivity (Wildman–Crippen MR) is 115 cm³/mol. The molecule has 2 aliphatic carbocycles. The molecule has 2 aliphatic heterocycles. The zero-order chi connectivity index (χ0) is 21.9. The Morgan fingerprint density at radius 2 is 2.25 bits per heavy atom. The van der Waals surface area contributed by atoms with E-state index < -0.39 is 0 Å². The molecule has 0 aromatic carbocycles. The van der Waals surface area contributed by atoms with Crippen molar-refractivity contribution in [2.24, 2.45) is 0 Å². The van der Waals surface area contributed by atoms with E-state index in [0.717, 1.165) is 43.4 Å². The molecule has 164 valence electrons. The van der Waals surface area contributed by atoms with Crippen LogP contribution in [0.5, 0.6) is 5.75 Å².